The van der Waals surface area contributed by atoms with Gasteiger partial charge >= 0.3 is 7.82 Å². The molecule has 0 radical (unpaired) electrons. The van der Waals surface area contributed by atoms with E-state index in [1.165, 1.54) is 48.5 Å². The van der Waals surface area contributed by atoms with Gasteiger partial charge in [0, 0.05) is 24.3 Å². The van der Waals surface area contributed by atoms with Gasteiger partial charge in [-0.3, -0.25) is 33.8 Å². The van der Waals surface area contributed by atoms with E-state index in [4.69, 9.17) is 13.6 Å². The molecule has 0 aliphatic rings. The number of phosphoric acid groups is 1. The lowest BCUT2D eigenvalue weighted by atomic mass is 9.98. The van der Waals surface area contributed by atoms with Crippen molar-refractivity contribution >= 4 is 19.2 Å². The fraction of sp³-hybridized carbons (Fsp3) is 0.333. The minimum Gasteiger partial charge on any atom is -0.385 e. The van der Waals surface area contributed by atoms with E-state index in [1.54, 1.807) is 13.8 Å². The van der Waals surface area contributed by atoms with Gasteiger partial charge in [0.1, 0.15) is 12.2 Å². The molecule has 2 unspecified atom stereocenters. The van der Waals surface area contributed by atoms with E-state index < -0.39 is 29.9 Å². The summed E-state index contributed by atoms with van der Waals surface area (Å²) in [6.45, 7) is 3.20. The monoisotopic (exact) mass is 440 g/mol. The first-order valence-electron chi connectivity index (χ1n) is 8.95. The number of hydrogen-bond acceptors (Lipinski definition) is 9. The van der Waals surface area contributed by atoms with Gasteiger partial charge in [-0.2, -0.15) is 0 Å². The van der Waals surface area contributed by atoms with Gasteiger partial charge in [0.15, 0.2) is 0 Å². The van der Waals surface area contributed by atoms with Gasteiger partial charge in [0.05, 0.1) is 23.1 Å². The number of rotatable bonds is 11. The van der Waals surface area contributed by atoms with Gasteiger partial charge < -0.3 is 5.11 Å². The van der Waals surface area contributed by atoms with Crippen molar-refractivity contribution in [1.29, 1.82) is 0 Å². The Morgan fingerprint density at radius 3 is 1.63 bits per heavy atom. The summed E-state index contributed by atoms with van der Waals surface area (Å²) in [5.74, 6) is 0. The Morgan fingerprint density at radius 1 is 0.867 bits per heavy atom. The van der Waals surface area contributed by atoms with Crippen LogP contribution in [0, 0.1) is 20.2 Å². The molecule has 1 N–H and O–H groups in total. The van der Waals surface area contributed by atoms with E-state index in [0.717, 1.165) is 0 Å². The topological polar surface area (TPSA) is 151 Å². The van der Waals surface area contributed by atoms with Crippen LogP contribution in [-0.2, 0) is 18.1 Å². The lowest BCUT2D eigenvalue weighted by Gasteiger charge is -2.27. The maximum atomic E-state index is 12.9. The van der Waals surface area contributed by atoms with Crippen LogP contribution < -0.4 is 0 Å². The molecular formula is C18H21N2O9P. The van der Waals surface area contributed by atoms with Crippen LogP contribution in [0.2, 0.25) is 0 Å². The van der Waals surface area contributed by atoms with Crippen LogP contribution in [0.3, 0.4) is 0 Å². The van der Waals surface area contributed by atoms with E-state index in [0.29, 0.717) is 0 Å². The van der Waals surface area contributed by atoms with Crippen molar-refractivity contribution in [2.75, 3.05) is 13.2 Å². The molecule has 0 saturated carbocycles. The molecule has 0 amide bonds. The third-order valence-electron chi connectivity index (χ3n) is 3.98. The van der Waals surface area contributed by atoms with Crippen LogP contribution in [0.15, 0.2) is 48.5 Å². The van der Waals surface area contributed by atoms with Crippen LogP contribution >= 0.6 is 7.82 Å². The second-order valence-electron chi connectivity index (χ2n) is 5.95. The number of nitro groups is 2. The summed E-state index contributed by atoms with van der Waals surface area (Å²) in [4.78, 5) is 20.6. The normalized spacial score (nSPS) is 13.6. The Bertz CT molecular complexity index is 908. The first-order valence-corrected chi connectivity index (χ1v) is 10.4. The minimum atomic E-state index is -4.07. The summed E-state index contributed by atoms with van der Waals surface area (Å²) in [6.07, 6.45) is -2.72. The van der Waals surface area contributed by atoms with Gasteiger partial charge in [-0.15, -0.1) is 0 Å². The summed E-state index contributed by atoms with van der Waals surface area (Å²) < 4.78 is 28.7. The Morgan fingerprint density at radius 2 is 1.27 bits per heavy atom. The molecule has 0 aliphatic carbocycles. The highest BCUT2D eigenvalue weighted by Crippen LogP contribution is 2.55. The van der Waals surface area contributed by atoms with Crippen molar-refractivity contribution in [3.8, 4) is 0 Å². The predicted molar refractivity (Wildman–Crippen MR) is 106 cm³/mol. The molecule has 0 heterocycles. The molecule has 0 saturated heterocycles. The molecule has 0 aliphatic heterocycles. The van der Waals surface area contributed by atoms with Crippen molar-refractivity contribution < 1.29 is 33.1 Å². The highest BCUT2D eigenvalue weighted by Gasteiger charge is 2.35. The number of nitro benzene ring substituents is 2. The highest BCUT2D eigenvalue weighted by molar-refractivity contribution is 7.48. The highest BCUT2D eigenvalue weighted by atomic mass is 31.2. The fourth-order valence-corrected chi connectivity index (χ4v) is 3.95. The molecule has 2 rings (SSSR count). The van der Waals surface area contributed by atoms with Gasteiger partial charge in [-0.25, -0.2) is 4.57 Å². The van der Waals surface area contributed by atoms with Crippen molar-refractivity contribution in [1.82, 2.24) is 0 Å². The van der Waals surface area contributed by atoms with E-state index >= 15 is 0 Å². The maximum absolute atomic E-state index is 12.9. The Balaban J connectivity index is 2.44. The number of aliphatic hydroxyl groups excluding tert-OH is 1. The Labute approximate surface area is 172 Å². The van der Waals surface area contributed by atoms with E-state index in [2.05, 4.69) is 0 Å². The summed E-state index contributed by atoms with van der Waals surface area (Å²) in [6, 6.07) is 10.2. The standard InChI is InChI=1S/C18H21N2O9P/c1-3-27-30(26,28-4-2)29-18(14-7-11-16(12-8-14)20(24)25)17(21)13-5-9-15(10-6-13)19(22)23/h5-12,17-18,21H,3-4H2,1-2H3. The van der Waals surface area contributed by atoms with Crippen LogP contribution in [0.5, 0.6) is 0 Å². The first-order chi connectivity index (χ1) is 14.2. The summed E-state index contributed by atoms with van der Waals surface area (Å²) in [5.41, 5.74) is 0.155. The lowest BCUT2D eigenvalue weighted by Crippen LogP contribution is -2.15. The molecular weight excluding hydrogens is 419 g/mol. The Kier molecular flexibility index (Phi) is 8.16. The van der Waals surface area contributed by atoms with Crippen molar-refractivity contribution in [3.63, 3.8) is 0 Å². The van der Waals surface area contributed by atoms with Crippen LogP contribution in [0.25, 0.3) is 0 Å². The third kappa shape index (κ3) is 5.91. The summed E-state index contributed by atoms with van der Waals surface area (Å²) >= 11 is 0. The minimum absolute atomic E-state index is 0.0118. The molecule has 2 aromatic rings. The molecule has 162 valence electrons. The van der Waals surface area contributed by atoms with E-state index in [9.17, 15) is 29.9 Å². The molecule has 0 aromatic heterocycles. The Hall–Kier alpha value is -2.69. The average molecular weight is 440 g/mol. The first kappa shape index (κ1) is 23.6. The smallest absolute Gasteiger partial charge is 0.385 e. The van der Waals surface area contributed by atoms with Crippen LogP contribution in [-0.4, -0.2) is 28.2 Å². The molecule has 11 nitrogen and oxygen atoms in total. The quantitative estimate of drug-likeness (QED) is 0.303. The van der Waals surface area contributed by atoms with E-state index in [-0.39, 0.29) is 35.7 Å². The molecule has 12 heteroatoms. The molecule has 2 aromatic carbocycles. The van der Waals surface area contributed by atoms with Gasteiger partial charge in [0.25, 0.3) is 11.4 Å². The number of hydrogen-bond donors (Lipinski definition) is 1. The van der Waals surface area contributed by atoms with Crippen LogP contribution in [0.1, 0.15) is 37.2 Å². The van der Waals surface area contributed by atoms with Crippen molar-refractivity contribution in [2.45, 2.75) is 26.1 Å². The predicted octanol–water partition coefficient (Wildman–Crippen LogP) is 4.48. The lowest BCUT2D eigenvalue weighted by molar-refractivity contribution is -0.385. The van der Waals surface area contributed by atoms with Crippen molar-refractivity contribution in [2.24, 2.45) is 0 Å². The maximum Gasteiger partial charge on any atom is 0.475 e. The van der Waals surface area contributed by atoms with Gasteiger partial charge in [-0.1, -0.05) is 0 Å². The molecule has 0 bridgehead atoms. The zero-order valence-electron chi connectivity index (χ0n) is 16.2. The second kappa shape index (κ2) is 10.4. The van der Waals surface area contributed by atoms with Crippen molar-refractivity contribution in [3.05, 3.63) is 79.9 Å². The molecule has 30 heavy (non-hydrogen) atoms. The number of benzene rings is 2. The van der Waals surface area contributed by atoms with Crippen LogP contribution in [0.4, 0.5) is 11.4 Å². The van der Waals surface area contributed by atoms with E-state index in [1.807, 2.05) is 0 Å². The third-order valence-corrected chi connectivity index (χ3v) is 5.62. The summed E-state index contributed by atoms with van der Waals surface area (Å²) in [7, 11) is -4.07. The number of aliphatic hydroxyl groups is 1. The molecule has 0 fully saturated rings. The van der Waals surface area contributed by atoms with Gasteiger partial charge in [0.2, 0.25) is 0 Å². The zero-order chi connectivity index (χ0) is 22.3. The largest absolute Gasteiger partial charge is 0.475 e. The molecule has 2 atom stereocenters. The zero-order valence-corrected chi connectivity index (χ0v) is 17.1. The number of nitrogens with zero attached hydrogens (tertiary/aromatic N) is 2. The SMILES string of the molecule is CCOP(=O)(OCC)OC(c1ccc([N+](=O)[O-])cc1)C(O)c1ccc([N+](=O)[O-])cc1. The number of phosphoric ester groups is 1. The average Bonchev–Trinajstić information content (AvgIpc) is 2.72. The second-order valence-corrected chi connectivity index (χ2v) is 7.57. The number of non-ortho nitro benzene ring substituents is 2. The fourth-order valence-electron chi connectivity index (χ4n) is 2.61. The molecule has 0 spiro atoms. The summed E-state index contributed by atoms with van der Waals surface area (Å²) in [5, 5.41) is 32.6. The van der Waals surface area contributed by atoms with Gasteiger partial charge in [-0.05, 0) is 49.2 Å².